The number of phenolic OH excluding ortho intramolecular Hbond substituents is 1. The fraction of sp³-hybridized carbons (Fsp3) is 0.200. The first-order valence-corrected chi connectivity index (χ1v) is 6.19. The average molecular weight is 226 g/mol. The van der Waals surface area contributed by atoms with Crippen LogP contribution in [0.1, 0.15) is 0 Å². The molecule has 0 aliphatic carbocycles. The van der Waals surface area contributed by atoms with E-state index in [4.69, 9.17) is 4.74 Å². The van der Waals surface area contributed by atoms with Crippen LogP contribution in [-0.2, 0) is 0 Å². The number of ether oxygens (including phenoxy) is 1. The largest absolute Gasteiger partial charge is 0.506 e. The van der Waals surface area contributed by atoms with E-state index < -0.39 is 0 Å². The molecule has 2 aromatic rings. The monoisotopic (exact) mass is 226 g/mol. The topological polar surface area (TPSA) is 29.5 Å². The van der Waals surface area contributed by atoms with Gasteiger partial charge < -0.3 is 9.84 Å². The van der Waals surface area contributed by atoms with E-state index in [-0.39, 0.29) is 0 Å². The Labute approximate surface area is 90.5 Å². The Morgan fingerprint density at radius 2 is 2.21 bits per heavy atom. The van der Waals surface area contributed by atoms with E-state index in [2.05, 4.69) is 5.38 Å². The van der Waals surface area contributed by atoms with E-state index >= 15 is 0 Å². The van der Waals surface area contributed by atoms with E-state index in [1.807, 2.05) is 12.3 Å². The zero-order valence-corrected chi connectivity index (χ0v) is 9.54. The summed E-state index contributed by atoms with van der Waals surface area (Å²) in [5, 5.41) is 12.8. The van der Waals surface area contributed by atoms with Crippen LogP contribution in [0, 0.1) is 0 Å². The van der Waals surface area contributed by atoms with Crippen molar-refractivity contribution in [2.75, 3.05) is 13.4 Å². The molecule has 0 radical (unpaired) electrons. The number of hydrogen-bond donors (Lipinski definition) is 1. The third kappa shape index (κ3) is 1.44. The predicted molar refractivity (Wildman–Crippen MR) is 61.8 cm³/mol. The maximum atomic E-state index is 9.71. The second-order valence-electron chi connectivity index (χ2n) is 2.83. The number of hydrogen-bond acceptors (Lipinski definition) is 4. The molecule has 0 amide bonds. The smallest absolute Gasteiger partial charge is 0.137 e. The van der Waals surface area contributed by atoms with Crippen LogP contribution < -0.4 is 4.74 Å². The Bertz CT molecular complexity index is 462. The quantitative estimate of drug-likeness (QED) is 0.796. The Morgan fingerprint density at radius 1 is 1.43 bits per heavy atom. The molecule has 0 spiro atoms. The van der Waals surface area contributed by atoms with Crippen LogP contribution in [0.4, 0.5) is 0 Å². The summed E-state index contributed by atoms with van der Waals surface area (Å²) in [7, 11) is 1.60. The minimum absolute atomic E-state index is 0.296. The summed E-state index contributed by atoms with van der Waals surface area (Å²) in [6.45, 7) is 0. The highest BCUT2D eigenvalue weighted by Gasteiger charge is 2.09. The molecule has 0 aliphatic heterocycles. The van der Waals surface area contributed by atoms with Gasteiger partial charge >= 0.3 is 0 Å². The zero-order chi connectivity index (χ0) is 10.1. The van der Waals surface area contributed by atoms with Crippen LogP contribution in [-0.4, -0.2) is 18.5 Å². The fourth-order valence-corrected chi connectivity index (χ4v) is 3.15. The summed E-state index contributed by atoms with van der Waals surface area (Å²) >= 11 is 3.23. The summed E-state index contributed by atoms with van der Waals surface area (Å²) in [6.07, 6.45) is 2.03. The molecule has 0 saturated carbocycles. The number of thioether (sulfide) groups is 1. The first-order valence-electron chi connectivity index (χ1n) is 4.08. The lowest BCUT2D eigenvalue weighted by atomic mass is 10.2. The van der Waals surface area contributed by atoms with E-state index in [0.29, 0.717) is 11.5 Å². The second kappa shape index (κ2) is 3.71. The van der Waals surface area contributed by atoms with Crippen LogP contribution in [0.15, 0.2) is 22.4 Å². The van der Waals surface area contributed by atoms with Crippen LogP contribution >= 0.6 is 23.1 Å². The molecular weight excluding hydrogens is 216 g/mol. The van der Waals surface area contributed by atoms with Gasteiger partial charge in [-0.3, -0.25) is 0 Å². The van der Waals surface area contributed by atoms with Crippen LogP contribution in [0.25, 0.3) is 10.1 Å². The number of methoxy groups -OCH3 is 1. The molecule has 1 aromatic carbocycles. The zero-order valence-electron chi connectivity index (χ0n) is 7.90. The summed E-state index contributed by atoms with van der Waals surface area (Å²) < 4.78 is 6.03. The molecule has 4 heteroatoms. The van der Waals surface area contributed by atoms with Gasteiger partial charge in [0.1, 0.15) is 11.5 Å². The molecule has 2 rings (SSSR count). The molecule has 1 aromatic heterocycles. The van der Waals surface area contributed by atoms with Crippen molar-refractivity contribution in [1.82, 2.24) is 0 Å². The van der Waals surface area contributed by atoms with Gasteiger partial charge in [-0.1, -0.05) is 0 Å². The van der Waals surface area contributed by atoms with Crippen molar-refractivity contribution in [2.24, 2.45) is 0 Å². The van der Waals surface area contributed by atoms with Crippen molar-refractivity contribution in [2.45, 2.75) is 4.90 Å². The van der Waals surface area contributed by atoms with Crippen LogP contribution in [0.3, 0.4) is 0 Å². The van der Waals surface area contributed by atoms with Gasteiger partial charge in [0.05, 0.1) is 11.8 Å². The average Bonchev–Trinajstić information content (AvgIpc) is 2.61. The van der Waals surface area contributed by atoms with Crippen molar-refractivity contribution in [3.63, 3.8) is 0 Å². The number of thiophene rings is 1. The lowest BCUT2D eigenvalue weighted by Crippen LogP contribution is -1.81. The molecule has 14 heavy (non-hydrogen) atoms. The standard InChI is InChI=1S/C10H10O2S2/c1-12-6-3-7-9(13-2)5-14-10(7)8(11)4-6/h3-5,11H,1-2H3. The Hall–Kier alpha value is -0.870. The van der Waals surface area contributed by atoms with E-state index in [1.165, 1.54) is 4.90 Å². The number of aromatic hydroxyl groups is 1. The Balaban J connectivity index is 2.73. The van der Waals surface area contributed by atoms with Crippen molar-refractivity contribution in [1.29, 1.82) is 0 Å². The van der Waals surface area contributed by atoms with Crippen LogP contribution in [0.2, 0.25) is 0 Å². The highest BCUT2D eigenvalue weighted by Crippen LogP contribution is 2.39. The van der Waals surface area contributed by atoms with E-state index in [1.54, 1.807) is 36.3 Å². The summed E-state index contributed by atoms with van der Waals surface area (Å²) in [4.78, 5) is 1.18. The predicted octanol–water partition coefficient (Wildman–Crippen LogP) is 3.34. The Kier molecular flexibility index (Phi) is 2.56. The van der Waals surface area contributed by atoms with Gasteiger partial charge in [0.25, 0.3) is 0 Å². The van der Waals surface area contributed by atoms with Gasteiger partial charge in [0.2, 0.25) is 0 Å². The van der Waals surface area contributed by atoms with Gasteiger partial charge in [0.15, 0.2) is 0 Å². The van der Waals surface area contributed by atoms with Crippen molar-refractivity contribution >= 4 is 33.2 Å². The van der Waals surface area contributed by atoms with E-state index in [9.17, 15) is 5.11 Å². The third-order valence-electron chi connectivity index (χ3n) is 2.05. The van der Waals surface area contributed by atoms with Gasteiger partial charge in [-0.2, -0.15) is 0 Å². The number of fused-ring (bicyclic) bond motifs is 1. The molecule has 0 saturated heterocycles. The summed E-state index contributed by atoms with van der Waals surface area (Å²) in [6, 6.07) is 3.60. The second-order valence-corrected chi connectivity index (χ2v) is 4.56. The molecule has 1 heterocycles. The molecule has 74 valence electrons. The van der Waals surface area contributed by atoms with Gasteiger partial charge in [-0.15, -0.1) is 23.1 Å². The van der Waals surface area contributed by atoms with Gasteiger partial charge in [0, 0.05) is 21.7 Å². The molecule has 2 nitrogen and oxygen atoms in total. The van der Waals surface area contributed by atoms with Crippen molar-refractivity contribution < 1.29 is 9.84 Å². The molecule has 0 bridgehead atoms. The third-order valence-corrected chi connectivity index (χ3v) is 3.99. The SMILES string of the molecule is COc1cc(O)c2scc(SC)c2c1. The number of phenols is 1. The fourth-order valence-electron chi connectivity index (χ4n) is 1.35. The van der Waals surface area contributed by atoms with Crippen LogP contribution in [0.5, 0.6) is 11.5 Å². The molecular formula is C10H10O2S2. The molecule has 0 aliphatic rings. The van der Waals surface area contributed by atoms with Gasteiger partial charge in [-0.25, -0.2) is 0 Å². The highest BCUT2D eigenvalue weighted by atomic mass is 32.2. The minimum Gasteiger partial charge on any atom is -0.506 e. The lowest BCUT2D eigenvalue weighted by Gasteiger charge is -2.02. The molecule has 0 atom stereocenters. The van der Waals surface area contributed by atoms with Crippen molar-refractivity contribution in [3.05, 3.63) is 17.5 Å². The minimum atomic E-state index is 0.296. The number of rotatable bonds is 2. The molecule has 0 unspecified atom stereocenters. The summed E-state index contributed by atoms with van der Waals surface area (Å²) in [5.41, 5.74) is 0. The highest BCUT2D eigenvalue weighted by molar-refractivity contribution is 7.99. The summed E-state index contributed by atoms with van der Waals surface area (Å²) in [5.74, 6) is 0.994. The Morgan fingerprint density at radius 3 is 2.86 bits per heavy atom. The van der Waals surface area contributed by atoms with Crippen molar-refractivity contribution in [3.8, 4) is 11.5 Å². The van der Waals surface area contributed by atoms with E-state index in [0.717, 1.165) is 10.1 Å². The first kappa shape index (κ1) is 9.68. The number of benzene rings is 1. The maximum absolute atomic E-state index is 9.71. The molecule has 1 N–H and O–H groups in total. The normalized spacial score (nSPS) is 10.7. The van der Waals surface area contributed by atoms with Gasteiger partial charge in [-0.05, 0) is 12.3 Å². The molecule has 0 fully saturated rings. The lowest BCUT2D eigenvalue weighted by molar-refractivity contribution is 0.409. The maximum Gasteiger partial charge on any atom is 0.137 e. The first-order chi connectivity index (χ1) is 6.76.